The van der Waals surface area contributed by atoms with Crippen LogP contribution in [0.15, 0.2) is 109 Å². The van der Waals surface area contributed by atoms with Crippen molar-refractivity contribution in [1.82, 2.24) is 10.2 Å². The SMILES string of the molecule is C[C@@H]1[C@H](CN(C)[C@@H](C)[C@H](O)c2ccccc2)O[C@H](c2cccc(N3C(=O)CC(NC(=O)OCc4ccccc4)C3=O)c2)O[C@@H]1c1ccc(CO)cc1. The van der Waals surface area contributed by atoms with Crippen LogP contribution in [0, 0.1) is 5.92 Å². The Bertz CT molecular complexity index is 1820. The molecule has 272 valence electrons. The van der Waals surface area contributed by atoms with Crippen molar-refractivity contribution in [3.8, 4) is 0 Å². The first-order valence-electron chi connectivity index (χ1n) is 17.5. The van der Waals surface area contributed by atoms with Crippen LogP contribution in [0.4, 0.5) is 10.5 Å². The summed E-state index contributed by atoms with van der Waals surface area (Å²) in [7, 11) is 1.95. The second-order valence-corrected chi connectivity index (χ2v) is 13.5. The van der Waals surface area contributed by atoms with Crippen molar-refractivity contribution in [3.63, 3.8) is 0 Å². The van der Waals surface area contributed by atoms with E-state index in [1.165, 1.54) is 0 Å². The van der Waals surface area contributed by atoms with Crippen LogP contribution in [0.3, 0.4) is 0 Å². The van der Waals surface area contributed by atoms with Crippen LogP contribution in [0.2, 0.25) is 0 Å². The van der Waals surface area contributed by atoms with Gasteiger partial charge in [-0.25, -0.2) is 9.69 Å². The van der Waals surface area contributed by atoms with Crippen LogP contribution < -0.4 is 10.2 Å². The monoisotopic (exact) mass is 707 g/mol. The second-order valence-electron chi connectivity index (χ2n) is 13.5. The highest BCUT2D eigenvalue weighted by Crippen LogP contribution is 2.43. The number of benzene rings is 4. The molecule has 0 aromatic heterocycles. The lowest BCUT2D eigenvalue weighted by Crippen LogP contribution is -2.46. The fourth-order valence-electron chi connectivity index (χ4n) is 6.68. The Labute approximate surface area is 303 Å². The highest BCUT2D eigenvalue weighted by Gasteiger charge is 2.42. The molecule has 0 spiro atoms. The van der Waals surface area contributed by atoms with Gasteiger partial charge in [0.15, 0.2) is 6.29 Å². The summed E-state index contributed by atoms with van der Waals surface area (Å²) in [6, 6.07) is 31.9. The third-order valence-electron chi connectivity index (χ3n) is 9.94. The van der Waals surface area contributed by atoms with Gasteiger partial charge in [-0.15, -0.1) is 0 Å². The van der Waals surface area contributed by atoms with Crippen molar-refractivity contribution >= 4 is 23.6 Å². The molecular weight excluding hydrogens is 662 g/mol. The summed E-state index contributed by atoms with van der Waals surface area (Å²) in [6.07, 6.45) is -3.30. The van der Waals surface area contributed by atoms with Gasteiger partial charge in [0.25, 0.3) is 5.91 Å². The summed E-state index contributed by atoms with van der Waals surface area (Å²) in [6.45, 7) is 4.47. The second kappa shape index (κ2) is 16.6. The molecule has 2 aliphatic heterocycles. The Balaban J connectivity index is 1.19. The molecule has 2 aliphatic rings. The number of imide groups is 1. The first kappa shape index (κ1) is 36.9. The van der Waals surface area contributed by atoms with Gasteiger partial charge in [-0.05, 0) is 48.4 Å². The smallest absolute Gasteiger partial charge is 0.408 e. The van der Waals surface area contributed by atoms with Gasteiger partial charge >= 0.3 is 6.09 Å². The fraction of sp³-hybridized carbons (Fsp3) is 0.341. The quantitative estimate of drug-likeness (QED) is 0.161. The normalized spacial score (nSPS) is 23.0. The number of alkyl carbamates (subject to hydrolysis) is 1. The molecule has 2 saturated heterocycles. The Morgan fingerprint density at radius 2 is 1.62 bits per heavy atom. The van der Waals surface area contributed by atoms with Gasteiger partial charge in [-0.2, -0.15) is 0 Å². The number of nitrogens with one attached hydrogen (secondary N) is 1. The largest absolute Gasteiger partial charge is 0.445 e. The van der Waals surface area contributed by atoms with Crippen LogP contribution in [-0.2, 0) is 37.0 Å². The van der Waals surface area contributed by atoms with Crippen molar-refractivity contribution in [3.05, 3.63) is 137 Å². The molecule has 3 N–H and O–H groups in total. The summed E-state index contributed by atoms with van der Waals surface area (Å²) in [5.74, 6) is -1.13. The minimum atomic E-state index is -1.07. The molecule has 4 aromatic rings. The summed E-state index contributed by atoms with van der Waals surface area (Å²) in [5, 5.41) is 23.3. The predicted molar refractivity (Wildman–Crippen MR) is 194 cm³/mol. The van der Waals surface area contributed by atoms with E-state index in [0.29, 0.717) is 17.8 Å². The predicted octanol–water partition coefficient (Wildman–Crippen LogP) is 5.58. The molecule has 11 heteroatoms. The van der Waals surface area contributed by atoms with Crippen molar-refractivity contribution in [2.24, 2.45) is 5.92 Å². The molecule has 4 aromatic carbocycles. The molecule has 7 atom stereocenters. The summed E-state index contributed by atoms with van der Waals surface area (Å²) < 4.78 is 18.5. The van der Waals surface area contributed by atoms with Crippen molar-refractivity contribution in [2.45, 2.75) is 70.2 Å². The van der Waals surface area contributed by atoms with Crippen molar-refractivity contribution in [1.29, 1.82) is 0 Å². The van der Waals surface area contributed by atoms with Gasteiger partial charge in [0.05, 0.1) is 37.0 Å². The molecule has 0 bridgehead atoms. The average Bonchev–Trinajstić information content (AvgIpc) is 3.46. The summed E-state index contributed by atoms with van der Waals surface area (Å²) >= 11 is 0. The topological polar surface area (TPSA) is 138 Å². The Kier molecular flexibility index (Phi) is 11.8. The molecule has 1 unspecified atom stereocenters. The minimum absolute atomic E-state index is 0.0309. The number of hydrogen-bond acceptors (Lipinski definition) is 9. The van der Waals surface area contributed by atoms with Crippen LogP contribution in [-0.4, -0.2) is 64.8 Å². The fourth-order valence-corrected chi connectivity index (χ4v) is 6.68. The number of amides is 3. The number of anilines is 1. The maximum Gasteiger partial charge on any atom is 0.408 e. The number of carbonyl (C=O) groups is 3. The minimum Gasteiger partial charge on any atom is -0.445 e. The average molecular weight is 708 g/mol. The number of hydrogen-bond donors (Lipinski definition) is 3. The van der Waals surface area contributed by atoms with Gasteiger partial charge in [0, 0.05) is 24.1 Å². The Morgan fingerprint density at radius 3 is 2.31 bits per heavy atom. The van der Waals surface area contributed by atoms with E-state index in [2.05, 4.69) is 17.1 Å². The first-order valence-corrected chi connectivity index (χ1v) is 17.5. The van der Waals surface area contributed by atoms with Crippen LogP contribution in [0.1, 0.15) is 66.6 Å². The lowest BCUT2D eigenvalue weighted by Gasteiger charge is -2.43. The number of likely N-dealkylation sites (N-methyl/N-ethyl adjacent to an activating group) is 1. The zero-order valence-corrected chi connectivity index (χ0v) is 29.5. The van der Waals surface area contributed by atoms with Gasteiger partial charge < -0.3 is 29.7 Å². The lowest BCUT2D eigenvalue weighted by atomic mass is 9.89. The van der Waals surface area contributed by atoms with Crippen molar-refractivity contribution < 1.29 is 38.8 Å². The van der Waals surface area contributed by atoms with E-state index in [9.17, 15) is 24.6 Å². The number of nitrogens with zero attached hydrogens (tertiary/aromatic N) is 2. The van der Waals surface area contributed by atoms with E-state index in [-0.39, 0.29) is 37.7 Å². The molecule has 0 saturated carbocycles. The third-order valence-corrected chi connectivity index (χ3v) is 9.94. The van der Waals surface area contributed by atoms with Crippen LogP contribution in [0.25, 0.3) is 0 Å². The van der Waals surface area contributed by atoms with E-state index in [0.717, 1.165) is 27.2 Å². The molecule has 11 nitrogen and oxygen atoms in total. The maximum absolute atomic E-state index is 13.5. The molecule has 6 rings (SSSR count). The molecule has 0 radical (unpaired) electrons. The highest BCUT2D eigenvalue weighted by molar-refractivity contribution is 6.22. The molecule has 3 amide bonds. The van der Waals surface area contributed by atoms with Crippen molar-refractivity contribution in [2.75, 3.05) is 18.5 Å². The lowest BCUT2D eigenvalue weighted by molar-refractivity contribution is -0.276. The molecular formula is C41H45N3O8. The van der Waals surface area contributed by atoms with E-state index in [4.69, 9.17) is 14.2 Å². The Hall–Kier alpha value is -4.91. The van der Waals surface area contributed by atoms with Gasteiger partial charge in [-0.3, -0.25) is 14.5 Å². The summed E-state index contributed by atoms with van der Waals surface area (Å²) in [4.78, 5) is 42.3. The van der Waals surface area contributed by atoms with Gasteiger partial charge in [0.2, 0.25) is 5.91 Å². The number of carbonyl (C=O) groups excluding carboxylic acids is 3. The molecule has 2 heterocycles. The van der Waals surface area contributed by atoms with Crippen LogP contribution >= 0.6 is 0 Å². The first-order chi connectivity index (χ1) is 25.1. The summed E-state index contributed by atoms with van der Waals surface area (Å²) in [5.41, 5.74) is 4.25. The van der Waals surface area contributed by atoms with Gasteiger partial charge in [0.1, 0.15) is 12.6 Å². The maximum atomic E-state index is 13.5. The third kappa shape index (κ3) is 8.41. The van der Waals surface area contributed by atoms with E-state index in [1.807, 2.05) is 105 Å². The number of aliphatic hydroxyl groups is 2. The highest BCUT2D eigenvalue weighted by atomic mass is 16.7. The van der Waals surface area contributed by atoms with E-state index in [1.54, 1.807) is 18.2 Å². The number of aliphatic hydroxyl groups excluding tert-OH is 2. The Morgan fingerprint density at radius 1 is 0.923 bits per heavy atom. The zero-order valence-electron chi connectivity index (χ0n) is 29.5. The zero-order chi connectivity index (χ0) is 36.8. The standard InChI is InChI=1S/C41H45N3O8/c1-26-35(23-43(3)27(2)37(47)30-13-8-5-9-14-30)51-40(52-38(26)31-19-17-28(24-45)18-20-31)32-15-10-16-33(21-32)44-36(46)22-34(39(44)48)42-41(49)50-25-29-11-6-4-7-12-29/h4-21,26-27,34-35,37-38,40,45,47H,22-25H2,1-3H3,(H,42,49)/t26-,27+,34?,35+,37+,38+,40+/m1/s1. The van der Waals surface area contributed by atoms with E-state index < -0.39 is 42.4 Å². The van der Waals surface area contributed by atoms with E-state index >= 15 is 0 Å². The number of ether oxygens (including phenoxy) is 3. The number of rotatable bonds is 12. The molecule has 52 heavy (non-hydrogen) atoms. The molecule has 0 aliphatic carbocycles. The van der Waals surface area contributed by atoms with Crippen LogP contribution in [0.5, 0.6) is 0 Å². The van der Waals surface area contributed by atoms with Gasteiger partial charge in [-0.1, -0.05) is 104 Å². The molecule has 2 fully saturated rings.